The third-order valence-electron chi connectivity index (χ3n) is 4.79. The predicted octanol–water partition coefficient (Wildman–Crippen LogP) is 1.90. The quantitative estimate of drug-likeness (QED) is 0.460. The summed E-state index contributed by atoms with van der Waals surface area (Å²) < 4.78 is 8.93. The Morgan fingerprint density at radius 1 is 1.12 bits per heavy atom. The number of amides is 2. The van der Waals surface area contributed by atoms with E-state index in [0.717, 1.165) is 22.3 Å². The van der Waals surface area contributed by atoms with Gasteiger partial charge in [-0.25, -0.2) is 14.3 Å². The van der Waals surface area contributed by atoms with Gasteiger partial charge in [0.1, 0.15) is 0 Å². The highest BCUT2D eigenvalue weighted by atomic mass is 16.5. The van der Waals surface area contributed by atoms with Crippen LogP contribution >= 0.6 is 0 Å². The Morgan fingerprint density at radius 3 is 2.62 bits per heavy atom. The first kappa shape index (κ1) is 21.0. The number of carbonyl (C=O) groups is 2. The number of aromatic nitrogens is 5. The maximum absolute atomic E-state index is 12.2. The van der Waals surface area contributed by atoms with Crippen LogP contribution in [0.4, 0.5) is 5.69 Å². The Labute approximate surface area is 184 Å². The predicted molar refractivity (Wildman–Crippen MR) is 119 cm³/mol. The smallest absolute Gasteiger partial charge is 0.258 e. The highest BCUT2D eigenvalue weighted by molar-refractivity contribution is 5.94. The summed E-state index contributed by atoms with van der Waals surface area (Å²) in [7, 11) is 1.77. The van der Waals surface area contributed by atoms with Gasteiger partial charge in [-0.3, -0.25) is 9.59 Å². The first-order chi connectivity index (χ1) is 15.4. The topological polar surface area (TPSA) is 116 Å². The standard InChI is InChI=1S/C22H23N7O3/c1-14-11-15(2)25-21-20(14)22(27-28(21)3)32-13-19(31)23-12-18(30)26-16-5-7-17(8-6-16)29-10-4-9-24-29/h4-11H,12-13H2,1-3H3,(H,23,31)(H,26,30). The minimum atomic E-state index is -0.425. The number of hydrogen-bond donors (Lipinski definition) is 2. The van der Waals surface area contributed by atoms with Crippen LogP contribution in [-0.4, -0.2) is 49.5 Å². The number of nitrogens with zero attached hydrogens (tertiary/aromatic N) is 5. The molecule has 10 heteroatoms. The Morgan fingerprint density at radius 2 is 1.91 bits per heavy atom. The van der Waals surface area contributed by atoms with Crippen LogP contribution < -0.4 is 15.4 Å². The molecule has 4 aromatic rings. The van der Waals surface area contributed by atoms with Crippen LogP contribution in [0.5, 0.6) is 5.88 Å². The molecule has 2 amide bonds. The van der Waals surface area contributed by atoms with Crippen LogP contribution in [0.25, 0.3) is 16.7 Å². The number of nitrogens with one attached hydrogen (secondary N) is 2. The van der Waals surface area contributed by atoms with E-state index in [2.05, 4.69) is 25.8 Å². The molecule has 0 atom stereocenters. The van der Waals surface area contributed by atoms with Gasteiger partial charge in [-0.05, 0) is 55.8 Å². The van der Waals surface area contributed by atoms with Crippen molar-refractivity contribution in [2.24, 2.45) is 7.05 Å². The van der Waals surface area contributed by atoms with Gasteiger partial charge < -0.3 is 15.4 Å². The summed E-state index contributed by atoms with van der Waals surface area (Å²) in [5.74, 6) is -0.431. The highest BCUT2D eigenvalue weighted by Gasteiger charge is 2.16. The van der Waals surface area contributed by atoms with Gasteiger partial charge in [0.2, 0.25) is 11.8 Å². The highest BCUT2D eigenvalue weighted by Crippen LogP contribution is 2.26. The zero-order valence-corrected chi connectivity index (χ0v) is 18.0. The number of fused-ring (bicyclic) bond motifs is 1. The SMILES string of the molecule is Cc1cc(C)c2c(OCC(=O)NCC(=O)Nc3ccc(-n4cccn4)cc3)nn(C)c2n1. The van der Waals surface area contributed by atoms with E-state index >= 15 is 0 Å². The Hall–Kier alpha value is -4.21. The molecule has 3 aromatic heterocycles. The van der Waals surface area contributed by atoms with E-state index in [1.165, 1.54) is 0 Å². The van der Waals surface area contributed by atoms with Crippen LogP contribution in [0, 0.1) is 13.8 Å². The van der Waals surface area contributed by atoms with E-state index in [9.17, 15) is 9.59 Å². The minimum Gasteiger partial charge on any atom is -0.466 e. The van der Waals surface area contributed by atoms with E-state index in [0.29, 0.717) is 17.2 Å². The number of rotatable bonds is 7. The maximum atomic E-state index is 12.2. The molecule has 4 rings (SSSR count). The van der Waals surface area contributed by atoms with Gasteiger partial charge in [0, 0.05) is 30.8 Å². The fraction of sp³-hybridized carbons (Fsp3) is 0.227. The number of aryl methyl sites for hydroxylation is 3. The molecule has 0 saturated heterocycles. The first-order valence-corrected chi connectivity index (χ1v) is 10.0. The van der Waals surface area contributed by atoms with Crippen LogP contribution in [-0.2, 0) is 16.6 Å². The molecule has 0 unspecified atom stereocenters. The molecule has 164 valence electrons. The molecule has 0 saturated carbocycles. The molecular weight excluding hydrogens is 410 g/mol. The number of hydrogen-bond acceptors (Lipinski definition) is 6. The van der Waals surface area contributed by atoms with Crippen LogP contribution in [0.3, 0.4) is 0 Å². The molecule has 0 spiro atoms. The molecule has 0 radical (unpaired) electrons. The molecule has 0 bridgehead atoms. The molecule has 10 nitrogen and oxygen atoms in total. The molecule has 0 aliphatic rings. The van der Waals surface area contributed by atoms with Crippen molar-refractivity contribution in [1.29, 1.82) is 0 Å². The van der Waals surface area contributed by atoms with Crippen molar-refractivity contribution in [3.8, 4) is 11.6 Å². The summed E-state index contributed by atoms with van der Waals surface area (Å²) in [6, 6.07) is 11.0. The second-order valence-electron chi connectivity index (χ2n) is 7.32. The Balaban J connectivity index is 1.28. The van der Waals surface area contributed by atoms with Crippen molar-refractivity contribution >= 4 is 28.5 Å². The molecule has 3 heterocycles. The lowest BCUT2D eigenvalue weighted by Gasteiger charge is -2.08. The Kier molecular flexibility index (Phi) is 5.84. The largest absolute Gasteiger partial charge is 0.466 e. The van der Waals surface area contributed by atoms with Gasteiger partial charge in [-0.2, -0.15) is 5.10 Å². The summed E-state index contributed by atoms with van der Waals surface area (Å²) in [6.45, 7) is 3.42. The van der Waals surface area contributed by atoms with Crippen LogP contribution in [0.1, 0.15) is 11.3 Å². The maximum Gasteiger partial charge on any atom is 0.258 e. The van der Waals surface area contributed by atoms with E-state index < -0.39 is 5.91 Å². The fourth-order valence-corrected chi connectivity index (χ4v) is 3.34. The van der Waals surface area contributed by atoms with Crippen molar-refractivity contribution in [3.05, 3.63) is 60.0 Å². The number of pyridine rings is 1. The molecule has 0 aliphatic heterocycles. The van der Waals surface area contributed by atoms with Gasteiger partial charge in [0.25, 0.3) is 5.91 Å². The lowest BCUT2D eigenvalue weighted by molar-refractivity contribution is -0.125. The number of benzene rings is 1. The summed E-state index contributed by atoms with van der Waals surface area (Å²) in [5, 5.41) is 14.5. The molecule has 0 fully saturated rings. The Bertz CT molecular complexity index is 1260. The van der Waals surface area contributed by atoms with E-state index in [1.807, 2.05) is 44.3 Å². The van der Waals surface area contributed by atoms with Crippen molar-refractivity contribution in [3.63, 3.8) is 0 Å². The van der Waals surface area contributed by atoms with Crippen LogP contribution in [0.15, 0.2) is 48.8 Å². The fourth-order valence-electron chi connectivity index (χ4n) is 3.34. The molecule has 1 aromatic carbocycles. The van der Waals surface area contributed by atoms with Gasteiger partial charge in [-0.1, -0.05) is 0 Å². The van der Waals surface area contributed by atoms with Gasteiger partial charge in [-0.15, -0.1) is 5.10 Å². The average molecular weight is 433 g/mol. The van der Waals surface area contributed by atoms with Crippen molar-refractivity contribution in [2.45, 2.75) is 13.8 Å². The summed E-state index contributed by atoms with van der Waals surface area (Å²) in [4.78, 5) is 28.8. The second kappa shape index (κ2) is 8.88. The van der Waals surface area contributed by atoms with Gasteiger partial charge in [0.05, 0.1) is 17.6 Å². The normalized spacial score (nSPS) is 10.8. The molecule has 0 aliphatic carbocycles. The van der Waals surface area contributed by atoms with E-state index in [4.69, 9.17) is 4.74 Å². The number of ether oxygens (including phenoxy) is 1. The van der Waals surface area contributed by atoms with Crippen molar-refractivity contribution in [2.75, 3.05) is 18.5 Å². The third kappa shape index (κ3) is 4.59. The molecular formula is C22H23N7O3. The van der Waals surface area contributed by atoms with Crippen LogP contribution in [0.2, 0.25) is 0 Å². The van der Waals surface area contributed by atoms with Gasteiger partial charge in [0.15, 0.2) is 12.3 Å². The molecule has 32 heavy (non-hydrogen) atoms. The van der Waals surface area contributed by atoms with Crippen molar-refractivity contribution in [1.82, 2.24) is 29.9 Å². The second-order valence-corrected chi connectivity index (χ2v) is 7.32. The zero-order chi connectivity index (χ0) is 22.7. The summed E-state index contributed by atoms with van der Waals surface area (Å²) in [5.41, 5.74) is 4.03. The lowest BCUT2D eigenvalue weighted by atomic mass is 10.2. The summed E-state index contributed by atoms with van der Waals surface area (Å²) >= 11 is 0. The third-order valence-corrected chi connectivity index (χ3v) is 4.79. The average Bonchev–Trinajstić information content (AvgIpc) is 3.40. The zero-order valence-electron chi connectivity index (χ0n) is 18.0. The number of carbonyl (C=O) groups excluding carboxylic acids is 2. The summed E-state index contributed by atoms with van der Waals surface area (Å²) in [6.07, 6.45) is 3.52. The van der Waals surface area contributed by atoms with E-state index in [1.54, 1.807) is 34.7 Å². The molecule has 2 N–H and O–H groups in total. The minimum absolute atomic E-state index is 0.175. The lowest BCUT2D eigenvalue weighted by Crippen LogP contribution is -2.35. The van der Waals surface area contributed by atoms with E-state index in [-0.39, 0.29) is 19.1 Å². The first-order valence-electron chi connectivity index (χ1n) is 10.0. The van der Waals surface area contributed by atoms with Crippen molar-refractivity contribution < 1.29 is 14.3 Å². The monoisotopic (exact) mass is 433 g/mol. The number of anilines is 1. The van der Waals surface area contributed by atoms with Gasteiger partial charge >= 0.3 is 0 Å².